The van der Waals surface area contributed by atoms with Crippen LogP contribution < -0.4 is 5.32 Å². The fourth-order valence-electron chi connectivity index (χ4n) is 3.02. The van der Waals surface area contributed by atoms with Crippen LogP contribution >= 0.6 is 0 Å². The van der Waals surface area contributed by atoms with Crippen LogP contribution in [0.15, 0.2) is 54.9 Å². The monoisotopic (exact) mass is 290 g/mol. The normalized spacial score (nSPS) is 17.7. The van der Waals surface area contributed by atoms with E-state index in [0.29, 0.717) is 6.04 Å². The van der Waals surface area contributed by atoms with Crippen molar-refractivity contribution < 1.29 is 0 Å². The molecule has 0 bridgehead atoms. The molecular formula is C18H18N4. The van der Waals surface area contributed by atoms with Crippen molar-refractivity contribution in [3.05, 3.63) is 60.4 Å². The van der Waals surface area contributed by atoms with Crippen LogP contribution in [0.4, 0.5) is 0 Å². The molecular weight excluding hydrogens is 272 g/mol. The van der Waals surface area contributed by atoms with E-state index >= 15 is 0 Å². The number of benzene rings is 1. The van der Waals surface area contributed by atoms with E-state index in [4.69, 9.17) is 0 Å². The van der Waals surface area contributed by atoms with Crippen molar-refractivity contribution in [2.24, 2.45) is 0 Å². The van der Waals surface area contributed by atoms with E-state index in [1.165, 1.54) is 24.0 Å². The molecule has 4 heteroatoms. The molecule has 2 aromatic heterocycles. The zero-order chi connectivity index (χ0) is 14.8. The Hall–Kier alpha value is -2.46. The average Bonchev–Trinajstić information content (AvgIpc) is 3.28. The first-order valence-corrected chi connectivity index (χ1v) is 7.70. The lowest BCUT2D eigenvalue weighted by Gasteiger charge is -2.11. The molecule has 22 heavy (non-hydrogen) atoms. The second-order valence-corrected chi connectivity index (χ2v) is 5.68. The van der Waals surface area contributed by atoms with Crippen molar-refractivity contribution in [1.82, 2.24) is 20.5 Å². The molecule has 1 fully saturated rings. The largest absolute Gasteiger partial charge is 0.310 e. The van der Waals surface area contributed by atoms with Crippen LogP contribution in [-0.4, -0.2) is 21.7 Å². The van der Waals surface area contributed by atoms with Crippen LogP contribution in [0.5, 0.6) is 0 Å². The summed E-state index contributed by atoms with van der Waals surface area (Å²) in [6.07, 6.45) is 6.07. The third kappa shape index (κ3) is 2.53. The van der Waals surface area contributed by atoms with Gasteiger partial charge in [-0.3, -0.25) is 10.1 Å². The Kier molecular flexibility index (Phi) is 3.45. The van der Waals surface area contributed by atoms with Crippen LogP contribution in [0.3, 0.4) is 0 Å². The first-order valence-electron chi connectivity index (χ1n) is 7.70. The second kappa shape index (κ2) is 5.73. The van der Waals surface area contributed by atoms with Gasteiger partial charge in [0, 0.05) is 24.0 Å². The maximum Gasteiger partial charge on any atom is 0.0942 e. The van der Waals surface area contributed by atoms with Crippen molar-refractivity contribution in [2.45, 2.75) is 18.9 Å². The highest BCUT2D eigenvalue weighted by atomic mass is 15.1. The van der Waals surface area contributed by atoms with Gasteiger partial charge in [-0.25, -0.2) is 0 Å². The molecule has 4 rings (SSSR count). The first kappa shape index (κ1) is 13.2. The summed E-state index contributed by atoms with van der Waals surface area (Å²) in [5.74, 6) is 0. The van der Waals surface area contributed by atoms with Gasteiger partial charge >= 0.3 is 0 Å². The zero-order valence-electron chi connectivity index (χ0n) is 12.3. The lowest BCUT2D eigenvalue weighted by molar-refractivity contribution is 0.648. The van der Waals surface area contributed by atoms with Crippen molar-refractivity contribution in [2.75, 3.05) is 6.54 Å². The van der Waals surface area contributed by atoms with Gasteiger partial charge in [0.2, 0.25) is 0 Å². The SMILES string of the molecule is c1cncc(-c2cc(-c3cccc([C@H]4CCCN4)c3)[nH]n2)c1. The van der Waals surface area contributed by atoms with Gasteiger partial charge in [0.15, 0.2) is 0 Å². The fourth-order valence-corrected chi connectivity index (χ4v) is 3.02. The van der Waals surface area contributed by atoms with E-state index in [0.717, 1.165) is 23.5 Å². The molecule has 0 spiro atoms. The van der Waals surface area contributed by atoms with Crippen LogP contribution in [0.2, 0.25) is 0 Å². The Labute approximate surface area is 129 Å². The summed E-state index contributed by atoms with van der Waals surface area (Å²) in [7, 11) is 0. The highest BCUT2D eigenvalue weighted by molar-refractivity contribution is 5.68. The maximum absolute atomic E-state index is 4.41. The lowest BCUT2D eigenvalue weighted by Crippen LogP contribution is -2.12. The van der Waals surface area contributed by atoms with Crippen LogP contribution in [0.25, 0.3) is 22.5 Å². The number of H-pyrrole nitrogens is 1. The third-order valence-corrected chi connectivity index (χ3v) is 4.20. The molecule has 1 atom stereocenters. The number of nitrogens with zero attached hydrogens (tertiary/aromatic N) is 2. The van der Waals surface area contributed by atoms with Gasteiger partial charge in [0.05, 0.1) is 11.4 Å². The minimum absolute atomic E-state index is 0.487. The van der Waals surface area contributed by atoms with Gasteiger partial charge in [-0.1, -0.05) is 18.2 Å². The quantitative estimate of drug-likeness (QED) is 0.775. The van der Waals surface area contributed by atoms with Crippen molar-refractivity contribution in [3.63, 3.8) is 0 Å². The summed E-state index contributed by atoms with van der Waals surface area (Å²) in [6, 6.07) is 15.2. The predicted octanol–water partition coefficient (Wildman–Crippen LogP) is 3.56. The van der Waals surface area contributed by atoms with E-state index in [-0.39, 0.29) is 0 Å². The number of rotatable bonds is 3. The standard InChI is InChI=1S/C18H18N4/c1-4-13(16-7-3-9-20-16)10-14(5-1)17-11-18(22-21-17)15-6-2-8-19-12-15/h1-2,4-6,8,10-12,16,20H,3,7,9H2,(H,21,22)/t16-/m1/s1. The molecule has 3 heterocycles. The number of nitrogens with one attached hydrogen (secondary N) is 2. The van der Waals surface area contributed by atoms with Gasteiger partial charge < -0.3 is 5.32 Å². The van der Waals surface area contributed by atoms with E-state index < -0.39 is 0 Å². The highest BCUT2D eigenvalue weighted by Crippen LogP contribution is 2.28. The van der Waals surface area contributed by atoms with Crippen LogP contribution in [0.1, 0.15) is 24.4 Å². The molecule has 110 valence electrons. The summed E-state index contributed by atoms with van der Waals surface area (Å²) in [5.41, 5.74) is 5.52. The molecule has 0 saturated carbocycles. The predicted molar refractivity (Wildman–Crippen MR) is 87.2 cm³/mol. The summed E-state index contributed by atoms with van der Waals surface area (Å²) in [6.45, 7) is 1.12. The van der Waals surface area contributed by atoms with Gasteiger partial charge in [-0.05, 0) is 54.8 Å². The highest BCUT2D eigenvalue weighted by Gasteiger charge is 2.16. The summed E-state index contributed by atoms with van der Waals surface area (Å²) >= 11 is 0. The summed E-state index contributed by atoms with van der Waals surface area (Å²) in [5, 5.41) is 11.1. The van der Waals surface area contributed by atoms with E-state index in [9.17, 15) is 0 Å². The molecule has 1 aliphatic rings. The molecule has 1 aromatic carbocycles. The molecule has 2 N–H and O–H groups in total. The number of aromatic nitrogens is 3. The van der Waals surface area contributed by atoms with E-state index in [1.54, 1.807) is 6.20 Å². The molecule has 1 saturated heterocycles. The topological polar surface area (TPSA) is 53.6 Å². The third-order valence-electron chi connectivity index (χ3n) is 4.20. The summed E-state index contributed by atoms with van der Waals surface area (Å²) in [4.78, 5) is 4.15. The molecule has 0 amide bonds. The fraction of sp³-hybridized carbons (Fsp3) is 0.222. The Balaban J connectivity index is 1.65. The number of hydrogen-bond donors (Lipinski definition) is 2. The molecule has 0 aliphatic carbocycles. The van der Waals surface area contributed by atoms with Crippen molar-refractivity contribution in [1.29, 1.82) is 0 Å². The number of pyridine rings is 1. The minimum atomic E-state index is 0.487. The first-order chi connectivity index (χ1) is 10.9. The van der Waals surface area contributed by atoms with Gasteiger partial charge in [0.25, 0.3) is 0 Å². The van der Waals surface area contributed by atoms with Gasteiger partial charge in [-0.15, -0.1) is 0 Å². The Morgan fingerprint density at radius 2 is 2.00 bits per heavy atom. The minimum Gasteiger partial charge on any atom is -0.310 e. The smallest absolute Gasteiger partial charge is 0.0942 e. The zero-order valence-corrected chi connectivity index (χ0v) is 12.3. The lowest BCUT2D eigenvalue weighted by atomic mass is 10.0. The molecule has 1 aliphatic heterocycles. The maximum atomic E-state index is 4.41. The van der Waals surface area contributed by atoms with Gasteiger partial charge in [-0.2, -0.15) is 5.10 Å². The Morgan fingerprint density at radius 3 is 2.82 bits per heavy atom. The average molecular weight is 290 g/mol. The molecule has 3 aromatic rings. The van der Waals surface area contributed by atoms with Crippen molar-refractivity contribution >= 4 is 0 Å². The van der Waals surface area contributed by atoms with Crippen LogP contribution in [0, 0.1) is 0 Å². The number of hydrogen-bond acceptors (Lipinski definition) is 3. The Bertz CT molecular complexity index is 758. The second-order valence-electron chi connectivity index (χ2n) is 5.68. The summed E-state index contributed by atoms with van der Waals surface area (Å²) < 4.78 is 0. The van der Waals surface area contributed by atoms with Crippen LogP contribution in [-0.2, 0) is 0 Å². The van der Waals surface area contributed by atoms with E-state index in [1.807, 2.05) is 18.3 Å². The Morgan fingerprint density at radius 1 is 1.05 bits per heavy atom. The molecule has 0 unspecified atom stereocenters. The van der Waals surface area contributed by atoms with Gasteiger partial charge in [0.1, 0.15) is 0 Å². The van der Waals surface area contributed by atoms with E-state index in [2.05, 4.69) is 50.8 Å². The number of aromatic amines is 1. The van der Waals surface area contributed by atoms with Crippen molar-refractivity contribution in [3.8, 4) is 22.5 Å². The molecule has 4 nitrogen and oxygen atoms in total. The molecule has 0 radical (unpaired) electrons.